The first-order valence-corrected chi connectivity index (χ1v) is 7.14. The van der Waals surface area contributed by atoms with E-state index in [0.29, 0.717) is 5.56 Å². The highest BCUT2D eigenvalue weighted by Gasteiger charge is 2.09. The van der Waals surface area contributed by atoms with Gasteiger partial charge in [0.05, 0.1) is 22.8 Å². The van der Waals surface area contributed by atoms with Crippen LogP contribution in [0.25, 0.3) is 33.1 Å². The summed E-state index contributed by atoms with van der Waals surface area (Å²) in [7, 11) is 0. The number of aryl methyl sites for hydroxylation is 1. The van der Waals surface area contributed by atoms with Crippen LogP contribution in [0.4, 0.5) is 0 Å². The fraction of sp³-hybridized carbons (Fsp3) is 0.0526. The second kappa shape index (κ2) is 4.71. The van der Waals surface area contributed by atoms with E-state index < -0.39 is 0 Å². The molecule has 104 valence electrons. The topological polar surface area (TPSA) is 52.5 Å². The van der Waals surface area contributed by atoms with Crippen LogP contribution in [-0.2, 0) is 0 Å². The van der Waals surface area contributed by atoms with Gasteiger partial charge in [0.2, 0.25) is 0 Å². The molecule has 4 aromatic rings. The summed E-state index contributed by atoms with van der Waals surface area (Å²) in [5.74, 6) is 0. The van der Waals surface area contributed by atoms with Crippen LogP contribution in [0.1, 0.15) is 11.1 Å². The number of hydrogen-bond donors (Lipinski definition) is 1. The third-order valence-corrected chi connectivity index (χ3v) is 4.01. The third kappa shape index (κ3) is 1.86. The van der Waals surface area contributed by atoms with Crippen molar-refractivity contribution in [2.75, 3.05) is 0 Å². The summed E-state index contributed by atoms with van der Waals surface area (Å²) in [6, 6.07) is 18.2. The lowest BCUT2D eigenvalue weighted by molar-refractivity contribution is 1.36. The molecule has 2 aromatic carbocycles. The number of pyridine rings is 1. The molecular weight excluding hydrogens is 270 g/mol. The molecular formula is C19H13N3. The predicted molar refractivity (Wildman–Crippen MR) is 88.5 cm³/mol. The summed E-state index contributed by atoms with van der Waals surface area (Å²) >= 11 is 0. The van der Waals surface area contributed by atoms with E-state index in [4.69, 9.17) is 10.2 Å². The Balaban J connectivity index is 1.99. The molecule has 3 heteroatoms. The number of aromatic nitrogens is 2. The predicted octanol–water partition coefficient (Wildman–Crippen LogP) is 4.56. The van der Waals surface area contributed by atoms with Crippen LogP contribution in [0.15, 0.2) is 54.7 Å². The smallest absolute Gasteiger partial charge is 0.0991 e. The molecule has 0 unspecified atom stereocenters. The van der Waals surface area contributed by atoms with Gasteiger partial charge in [-0.15, -0.1) is 0 Å². The van der Waals surface area contributed by atoms with Crippen LogP contribution in [0.2, 0.25) is 0 Å². The maximum absolute atomic E-state index is 9.10. The highest BCUT2D eigenvalue weighted by atomic mass is 14.7. The van der Waals surface area contributed by atoms with E-state index in [9.17, 15) is 0 Å². The van der Waals surface area contributed by atoms with Gasteiger partial charge in [0, 0.05) is 28.0 Å². The number of para-hydroxylation sites is 1. The van der Waals surface area contributed by atoms with Crippen molar-refractivity contribution in [2.24, 2.45) is 0 Å². The van der Waals surface area contributed by atoms with Gasteiger partial charge in [-0.25, -0.2) is 4.98 Å². The van der Waals surface area contributed by atoms with Crippen molar-refractivity contribution >= 4 is 21.8 Å². The SMILES string of the molecule is Cc1cccc2ccc(-c3c[nH]c4ccc(C#N)cc34)nc12. The van der Waals surface area contributed by atoms with E-state index in [0.717, 1.165) is 38.6 Å². The van der Waals surface area contributed by atoms with Gasteiger partial charge in [-0.05, 0) is 36.8 Å². The molecule has 0 spiro atoms. The highest BCUT2D eigenvalue weighted by Crippen LogP contribution is 2.29. The van der Waals surface area contributed by atoms with Gasteiger partial charge in [-0.2, -0.15) is 5.26 Å². The maximum atomic E-state index is 9.10. The Morgan fingerprint density at radius 2 is 2.00 bits per heavy atom. The molecule has 0 aliphatic rings. The number of aromatic amines is 1. The first-order chi connectivity index (χ1) is 10.8. The first kappa shape index (κ1) is 12.6. The van der Waals surface area contributed by atoms with E-state index in [1.54, 1.807) is 0 Å². The number of H-pyrrole nitrogens is 1. The second-order valence-electron chi connectivity index (χ2n) is 5.42. The lowest BCUT2D eigenvalue weighted by Gasteiger charge is -2.04. The van der Waals surface area contributed by atoms with E-state index in [-0.39, 0.29) is 0 Å². The molecule has 0 atom stereocenters. The summed E-state index contributed by atoms with van der Waals surface area (Å²) < 4.78 is 0. The monoisotopic (exact) mass is 283 g/mol. The summed E-state index contributed by atoms with van der Waals surface area (Å²) in [5, 5.41) is 11.3. The Hall–Kier alpha value is -3.12. The molecule has 2 heterocycles. The Bertz CT molecular complexity index is 1050. The van der Waals surface area contributed by atoms with Crippen LogP contribution in [0.5, 0.6) is 0 Å². The van der Waals surface area contributed by atoms with Crippen LogP contribution in [0, 0.1) is 18.3 Å². The van der Waals surface area contributed by atoms with Crippen molar-refractivity contribution < 1.29 is 0 Å². The molecule has 0 bridgehead atoms. The van der Waals surface area contributed by atoms with Crippen LogP contribution < -0.4 is 0 Å². The third-order valence-electron chi connectivity index (χ3n) is 4.01. The van der Waals surface area contributed by atoms with Crippen molar-refractivity contribution in [3.8, 4) is 17.3 Å². The molecule has 0 radical (unpaired) electrons. The minimum atomic E-state index is 0.658. The quantitative estimate of drug-likeness (QED) is 0.556. The lowest BCUT2D eigenvalue weighted by Crippen LogP contribution is -1.87. The number of rotatable bonds is 1. The van der Waals surface area contributed by atoms with Crippen LogP contribution in [-0.4, -0.2) is 9.97 Å². The maximum Gasteiger partial charge on any atom is 0.0991 e. The Morgan fingerprint density at radius 3 is 2.86 bits per heavy atom. The average molecular weight is 283 g/mol. The van der Waals surface area contributed by atoms with E-state index >= 15 is 0 Å². The summed E-state index contributed by atoms with van der Waals surface area (Å²) in [4.78, 5) is 8.07. The Labute approximate surface area is 127 Å². The molecule has 22 heavy (non-hydrogen) atoms. The van der Waals surface area contributed by atoms with Crippen molar-refractivity contribution in [1.29, 1.82) is 5.26 Å². The van der Waals surface area contributed by atoms with Gasteiger partial charge in [0.15, 0.2) is 0 Å². The number of benzene rings is 2. The fourth-order valence-corrected chi connectivity index (χ4v) is 2.85. The van der Waals surface area contributed by atoms with E-state index in [1.165, 1.54) is 0 Å². The number of nitrogens with one attached hydrogen (secondary N) is 1. The molecule has 0 fully saturated rings. The van der Waals surface area contributed by atoms with Gasteiger partial charge in [0.25, 0.3) is 0 Å². The summed E-state index contributed by atoms with van der Waals surface area (Å²) in [6.07, 6.45) is 1.96. The van der Waals surface area contributed by atoms with Crippen molar-refractivity contribution in [2.45, 2.75) is 6.92 Å². The second-order valence-corrected chi connectivity index (χ2v) is 5.42. The zero-order valence-corrected chi connectivity index (χ0v) is 12.1. The van der Waals surface area contributed by atoms with Crippen molar-refractivity contribution in [3.05, 3.63) is 65.9 Å². The van der Waals surface area contributed by atoms with E-state index in [2.05, 4.69) is 36.2 Å². The largest absolute Gasteiger partial charge is 0.360 e. The number of fused-ring (bicyclic) bond motifs is 2. The van der Waals surface area contributed by atoms with Crippen molar-refractivity contribution in [1.82, 2.24) is 9.97 Å². The molecule has 1 N–H and O–H groups in total. The Kier molecular flexibility index (Phi) is 2.70. The molecule has 0 saturated carbocycles. The van der Waals surface area contributed by atoms with Gasteiger partial charge in [0.1, 0.15) is 0 Å². The van der Waals surface area contributed by atoms with Crippen LogP contribution >= 0.6 is 0 Å². The normalized spacial score (nSPS) is 10.9. The van der Waals surface area contributed by atoms with E-state index in [1.807, 2.05) is 36.5 Å². The van der Waals surface area contributed by atoms with Crippen molar-refractivity contribution in [3.63, 3.8) is 0 Å². The number of hydrogen-bond acceptors (Lipinski definition) is 2. The zero-order chi connectivity index (χ0) is 15.1. The lowest BCUT2D eigenvalue weighted by atomic mass is 10.1. The summed E-state index contributed by atoms with van der Waals surface area (Å²) in [5.41, 5.74) is 5.80. The number of nitriles is 1. The molecule has 0 amide bonds. The first-order valence-electron chi connectivity index (χ1n) is 7.14. The molecule has 0 saturated heterocycles. The molecule has 2 aromatic heterocycles. The average Bonchev–Trinajstić information content (AvgIpc) is 2.98. The fourth-order valence-electron chi connectivity index (χ4n) is 2.85. The molecule has 0 aliphatic carbocycles. The zero-order valence-electron chi connectivity index (χ0n) is 12.1. The molecule has 0 aliphatic heterocycles. The van der Waals surface area contributed by atoms with Gasteiger partial charge in [-0.3, -0.25) is 0 Å². The molecule has 4 rings (SSSR count). The van der Waals surface area contributed by atoms with Crippen LogP contribution in [0.3, 0.4) is 0 Å². The molecule has 3 nitrogen and oxygen atoms in total. The van der Waals surface area contributed by atoms with Gasteiger partial charge >= 0.3 is 0 Å². The number of nitrogens with zero attached hydrogens (tertiary/aromatic N) is 2. The Morgan fingerprint density at radius 1 is 1.09 bits per heavy atom. The van der Waals surface area contributed by atoms with Gasteiger partial charge in [-0.1, -0.05) is 24.3 Å². The van der Waals surface area contributed by atoms with Gasteiger partial charge < -0.3 is 4.98 Å². The standard InChI is InChI=1S/C19H13N3/c1-12-3-2-4-14-6-8-18(22-19(12)14)16-11-21-17-7-5-13(10-20)9-15(16)17/h2-9,11,21H,1H3. The minimum absolute atomic E-state index is 0.658. The minimum Gasteiger partial charge on any atom is -0.360 e. The highest BCUT2D eigenvalue weighted by molar-refractivity contribution is 5.96. The summed E-state index contributed by atoms with van der Waals surface area (Å²) in [6.45, 7) is 2.07.